The van der Waals surface area contributed by atoms with E-state index >= 15 is 0 Å². The van der Waals surface area contributed by atoms with Crippen LogP contribution in [-0.4, -0.2) is 47.6 Å². The lowest BCUT2D eigenvalue weighted by Crippen LogP contribution is -3.12. The Bertz CT molecular complexity index is 2290. The molecule has 57 heavy (non-hydrogen) atoms. The Labute approximate surface area is 334 Å². The second-order valence-corrected chi connectivity index (χ2v) is 17.5. The van der Waals surface area contributed by atoms with Crippen LogP contribution in [-0.2, 0) is 11.2 Å². The zero-order chi connectivity index (χ0) is 38.8. The van der Waals surface area contributed by atoms with E-state index in [9.17, 15) is 15.0 Å². The Hall–Kier alpha value is -4.74. The highest BCUT2D eigenvalue weighted by molar-refractivity contribution is 5.90. The standard InChI is InChI=1S/C48H50N4O5/c1-28-4-8-30(9-5-28)41(55)23-32(53)11-6-29-7-17-42-43(22-29)57-47-38(48(20-21-56-42)18-2-3-19-48)15-16-40(54)34-13-14-35-44-31(24-51-46(35)49)10-12-33(45(34)44)36-25-50-39-27-52(47)26-37(36)39/h4,7-8,10,12-14,17,22,25,27-28,30-31,33,38,40-41,46-47,51,54-55H,2-3,5-6,9,11,18-19,23-24,26,49H2,1H3/p+1/t28-,30+,31+,33-,38-,40-,41+,46-,47+/m1/s1. The summed E-state index contributed by atoms with van der Waals surface area (Å²) in [6.45, 7) is 3.59. The lowest BCUT2D eigenvalue weighted by molar-refractivity contribution is -0.891. The number of aliphatic hydroxyl groups is 2. The zero-order valence-electron chi connectivity index (χ0n) is 32.5. The highest BCUT2D eigenvalue weighted by Gasteiger charge is 2.51. The first kappa shape index (κ1) is 36.6. The molecule has 9 nitrogen and oxygen atoms in total. The van der Waals surface area contributed by atoms with Gasteiger partial charge in [-0.25, -0.2) is 0 Å². The van der Waals surface area contributed by atoms with E-state index < -0.39 is 23.9 Å². The molecule has 1 fully saturated rings. The third-order valence-corrected chi connectivity index (χ3v) is 13.9. The highest BCUT2D eigenvalue weighted by atomic mass is 16.5. The number of nitrogens with zero attached hydrogens (tertiary/aromatic N) is 1. The summed E-state index contributed by atoms with van der Waals surface area (Å²) in [7, 11) is 0. The van der Waals surface area contributed by atoms with E-state index in [4.69, 9.17) is 20.2 Å². The Kier molecular flexibility index (Phi) is 9.36. The van der Waals surface area contributed by atoms with Gasteiger partial charge in [0.15, 0.2) is 11.5 Å². The van der Waals surface area contributed by atoms with Gasteiger partial charge in [-0.3, -0.25) is 20.0 Å². The number of fused-ring (bicyclic) bond motifs is 6. The molecule has 9 heteroatoms. The van der Waals surface area contributed by atoms with Crippen LogP contribution in [0.4, 0.5) is 0 Å². The van der Waals surface area contributed by atoms with Crippen molar-refractivity contribution in [2.24, 2.45) is 33.9 Å². The van der Waals surface area contributed by atoms with E-state index in [1.54, 1.807) is 0 Å². The third-order valence-electron chi connectivity index (χ3n) is 13.9. The number of aryl methyl sites for hydroxylation is 1. The molecule has 0 amide bonds. The fraction of sp³-hybridized carbons (Fsp3) is 0.458. The fourth-order valence-corrected chi connectivity index (χ4v) is 10.7. The van der Waals surface area contributed by atoms with E-state index in [-0.39, 0.29) is 42.0 Å². The van der Waals surface area contributed by atoms with Crippen molar-refractivity contribution in [2.45, 2.75) is 101 Å². The molecule has 2 aromatic rings. The summed E-state index contributed by atoms with van der Waals surface area (Å²) in [6.07, 6.45) is 20.3. The van der Waals surface area contributed by atoms with Crippen LogP contribution in [0.1, 0.15) is 110 Å². The Morgan fingerprint density at radius 1 is 1.07 bits per heavy atom. The van der Waals surface area contributed by atoms with Crippen molar-refractivity contribution >= 4 is 12.0 Å². The molecule has 10 rings (SSSR count). The van der Waals surface area contributed by atoms with Crippen molar-refractivity contribution in [1.29, 1.82) is 0 Å². The van der Waals surface area contributed by atoms with Gasteiger partial charge >= 0.3 is 0 Å². The van der Waals surface area contributed by atoms with Crippen molar-refractivity contribution in [3.8, 4) is 35.4 Å². The number of nitrogens with one attached hydrogen (secondary N) is 2. The van der Waals surface area contributed by atoms with E-state index in [0.29, 0.717) is 36.8 Å². The zero-order valence-corrected chi connectivity index (χ0v) is 32.5. The van der Waals surface area contributed by atoms with Gasteiger partial charge in [0.05, 0.1) is 17.7 Å². The van der Waals surface area contributed by atoms with Crippen LogP contribution >= 0.6 is 0 Å². The lowest BCUT2D eigenvalue weighted by Gasteiger charge is -2.38. The number of benzene rings is 2. The van der Waals surface area contributed by atoms with Gasteiger partial charge in [-0.15, -0.1) is 0 Å². The van der Waals surface area contributed by atoms with E-state index in [0.717, 1.165) is 83.5 Å². The molecule has 0 saturated heterocycles. The maximum atomic E-state index is 13.1. The SMILES string of the molecule is C[C@@H]1C=C[C@H]([C@@H](O)CC(=O)CCc2ccc3c(c2)O[C@H]2[C@@H](C#C[C@@H](O)c4ccc5c6c4[C@H](C=C[C@H]6CN[C@H]5N)C4=C5C[NH+]2C=C5N=C4)C2(C#CO3)CCCC2)CC1. The van der Waals surface area contributed by atoms with Gasteiger partial charge < -0.3 is 25.4 Å². The Morgan fingerprint density at radius 2 is 1.93 bits per heavy atom. The molecular formula is C48H51N4O5+. The molecule has 0 radical (unpaired) electrons. The molecule has 2 aromatic carbocycles. The number of quaternary nitrogens is 1. The first-order chi connectivity index (χ1) is 27.7. The number of hydrogen-bond acceptors (Lipinski definition) is 8. The van der Waals surface area contributed by atoms with E-state index in [1.165, 1.54) is 11.1 Å². The minimum absolute atomic E-state index is 0.0339. The van der Waals surface area contributed by atoms with Crippen LogP contribution < -0.4 is 25.4 Å². The topological polar surface area (TPSA) is 131 Å². The first-order valence-electron chi connectivity index (χ1n) is 21.0. The molecule has 5 heterocycles. The number of nitrogens with two attached hydrogens (primary N) is 1. The van der Waals surface area contributed by atoms with Crippen molar-refractivity contribution in [1.82, 2.24) is 5.32 Å². The first-order valence-corrected chi connectivity index (χ1v) is 21.0. The summed E-state index contributed by atoms with van der Waals surface area (Å²) in [5.41, 5.74) is 14.5. The van der Waals surface area contributed by atoms with Crippen LogP contribution in [0.15, 0.2) is 82.7 Å². The normalized spacial score (nSPS) is 32.6. The maximum absolute atomic E-state index is 13.1. The number of rotatable bonds is 6. The van der Waals surface area contributed by atoms with Gasteiger partial charge in [0, 0.05) is 48.9 Å². The number of aliphatic imine (C=N–C) groups is 1. The summed E-state index contributed by atoms with van der Waals surface area (Å²) in [4.78, 5) is 19.2. The minimum atomic E-state index is -1.03. The molecule has 8 aliphatic rings. The average molecular weight is 764 g/mol. The smallest absolute Gasteiger partial charge is 0.252 e. The quantitative estimate of drug-likeness (QED) is 0.208. The molecular weight excluding hydrogens is 713 g/mol. The molecule has 1 spiro atoms. The highest BCUT2D eigenvalue weighted by Crippen LogP contribution is 2.49. The van der Waals surface area contributed by atoms with E-state index in [2.05, 4.69) is 72.7 Å². The molecule has 6 N–H and O–H groups in total. The predicted octanol–water partition coefficient (Wildman–Crippen LogP) is 4.95. The summed E-state index contributed by atoms with van der Waals surface area (Å²) >= 11 is 0. The minimum Gasteiger partial charge on any atom is -0.437 e. The number of ether oxygens (including phenoxy) is 2. The molecule has 3 aliphatic carbocycles. The predicted molar refractivity (Wildman–Crippen MR) is 217 cm³/mol. The summed E-state index contributed by atoms with van der Waals surface area (Å²) in [5, 5.41) is 26.4. The van der Waals surface area contributed by atoms with Gasteiger partial charge in [0.25, 0.3) is 6.23 Å². The molecule has 1 unspecified atom stereocenters. The number of carbonyl (C=O) groups is 1. The summed E-state index contributed by atoms with van der Waals surface area (Å²) in [5.74, 6) is 11.9. The Morgan fingerprint density at radius 3 is 2.77 bits per heavy atom. The molecule has 2 bridgehead atoms. The second-order valence-electron chi connectivity index (χ2n) is 17.5. The average Bonchev–Trinajstić information content (AvgIpc) is 3.96. The van der Waals surface area contributed by atoms with Crippen LogP contribution in [0.3, 0.4) is 0 Å². The number of carbonyl (C=O) groups excluding carboxylic acids is 1. The number of aliphatic hydroxyl groups excluding tert-OH is 2. The van der Waals surface area contributed by atoms with Crippen LogP contribution in [0.25, 0.3) is 0 Å². The lowest BCUT2D eigenvalue weighted by atomic mass is 9.71. The van der Waals surface area contributed by atoms with Gasteiger partial charge in [-0.1, -0.05) is 80.0 Å². The largest absolute Gasteiger partial charge is 0.437 e. The van der Waals surface area contributed by atoms with Gasteiger partial charge in [0.1, 0.15) is 42.4 Å². The van der Waals surface area contributed by atoms with Crippen molar-refractivity contribution in [2.75, 3.05) is 13.1 Å². The monoisotopic (exact) mass is 763 g/mol. The summed E-state index contributed by atoms with van der Waals surface area (Å²) in [6, 6.07) is 9.91. The third kappa shape index (κ3) is 6.51. The fourth-order valence-electron chi connectivity index (χ4n) is 10.7. The van der Waals surface area contributed by atoms with Gasteiger partial charge in [-0.05, 0) is 83.5 Å². The molecule has 5 aliphatic heterocycles. The van der Waals surface area contributed by atoms with Crippen LogP contribution in [0.5, 0.6) is 11.5 Å². The number of allylic oxidation sites excluding steroid dienone is 3. The van der Waals surface area contributed by atoms with Crippen LogP contribution in [0.2, 0.25) is 0 Å². The second kappa shape index (κ2) is 14.6. The van der Waals surface area contributed by atoms with Crippen LogP contribution in [0, 0.1) is 47.0 Å². The van der Waals surface area contributed by atoms with Gasteiger partial charge in [-0.2, -0.15) is 0 Å². The molecule has 0 aromatic heterocycles. The molecule has 1 saturated carbocycles. The van der Waals surface area contributed by atoms with Crippen molar-refractivity contribution in [3.05, 3.63) is 105 Å². The maximum Gasteiger partial charge on any atom is 0.252 e. The van der Waals surface area contributed by atoms with Gasteiger partial charge in [0.2, 0.25) is 0 Å². The Balaban J connectivity index is 1.01. The number of ketones is 1. The number of Topliss-reactive ketones (excluding diaryl/α,β-unsaturated/α-hetero) is 1. The molecule has 292 valence electrons. The molecule has 10 atom stereocenters. The summed E-state index contributed by atoms with van der Waals surface area (Å²) < 4.78 is 13.4. The number of hydrogen-bond donors (Lipinski definition) is 5. The van der Waals surface area contributed by atoms with Crippen molar-refractivity contribution < 1.29 is 29.4 Å². The van der Waals surface area contributed by atoms with E-state index in [1.807, 2.05) is 30.5 Å². The van der Waals surface area contributed by atoms with Crippen molar-refractivity contribution in [3.63, 3.8) is 0 Å².